The summed E-state index contributed by atoms with van der Waals surface area (Å²) in [4.78, 5) is 3.57. The van der Waals surface area contributed by atoms with Crippen LogP contribution in [0.15, 0.2) is 18.2 Å². The number of nitrogens with one attached hydrogen (secondary N) is 2. The van der Waals surface area contributed by atoms with Gasteiger partial charge in [-0.05, 0) is 31.4 Å². The van der Waals surface area contributed by atoms with Crippen LogP contribution in [-0.2, 0) is 6.54 Å². The van der Waals surface area contributed by atoms with Crippen LogP contribution in [0.25, 0.3) is 0 Å². The standard InChI is InChI=1S/C19H30N2O2/c1-22-18-8-6-7-16(19(18)23-2)15-20-13-9-17(10-14-20)21-11-4-3-5-12-21/h6-8,17H,3-5,9-15H2,1-2H3/p+2. The molecule has 0 spiro atoms. The van der Waals surface area contributed by atoms with Gasteiger partial charge in [-0.15, -0.1) is 0 Å². The Hall–Kier alpha value is -1.26. The molecule has 0 saturated carbocycles. The average Bonchev–Trinajstić information content (AvgIpc) is 2.63. The predicted molar refractivity (Wildman–Crippen MR) is 91.5 cm³/mol. The first kappa shape index (κ1) is 16.6. The summed E-state index contributed by atoms with van der Waals surface area (Å²) in [6.07, 6.45) is 7.06. The molecule has 2 heterocycles. The maximum atomic E-state index is 5.58. The van der Waals surface area contributed by atoms with Crippen molar-refractivity contribution < 1.29 is 19.3 Å². The number of hydrogen-bond acceptors (Lipinski definition) is 2. The highest BCUT2D eigenvalue weighted by Gasteiger charge is 2.31. The summed E-state index contributed by atoms with van der Waals surface area (Å²) in [6.45, 7) is 6.43. The molecule has 0 atom stereocenters. The summed E-state index contributed by atoms with van der Waals surface area (Å²) in [6, 6.07) is 7.13. The molecule has 0 bridgehead atoms. The summed E-state index contributed by atoms with van der Waals surface area (Å²) < 4.78 is 11.0. The summed E-state index contributed by atoms with van der Waals surface area (Å²) in [7, 11) is 3.45. The Morgan fingerprint density at radius 3 is 2.35 bits per heavy atom. The average molecular weight is 320 g/mol. The molecule has 23 heavy (non-hydrogen) atoms. The van der Waals surface area contributed by atoms with E-state index in [1.165, 1.54) is 63.8 Å². The summed E-state index contributed by atoms with van der Waals surface area (Å²) in [5.74, 6) is 1.75. The van der Waals surface area contributed by atoms with Gasteiger partial charge in [0.05, 0.1) is 52.0 Å². The van der Waals surface area contributed by atoms with Crippen molar-refractivity contribution in [1.29, 1.82) is 0 Å². The first-order chi connectivity index (χ1) is 11.3. The van der Waals surface area contributed by atoms with E-state index in [0.717, 1.165) is 24.1 Å². The van der Waals surface area contributed by atoms with Crippen LogP contribution in [0.4, 0.5) is 0 Å². The molecule has 2 aliphatic rings. The zero-order valence-electron chi connectivity index (χ0n) is 14.7. The fourth-order valence-corrected chi connectivity index (χ4v) is 4.39. The molecule has 0 radical (unpaired) electrons. The lowest BCUT2D eigenvalue weighted by Gasteiger charge is -2.36. The van der Waals surface area contributed by atoms with Crippen molar-refractivity contribution in [2.45, 2.75) is 44.7 Å². The Morgan fingerprint density at radius 1 is 0.957 bits per heavy atom. The van der Waals surface area contributed by atoms with Crippen molar-refractivity contribution in [2.75, 3.05) is 40.4 Å². The molecule has 128 valence electrons. The highest BCUT2D eigenvalue weighted by molar-refractivity contribution is 5.46. The van der Waals surface area contributed by atoms with E-state index in [4.69, 9.17) is 9.47 Å². The monoisotopic (exact) mass is 320 g/mol. The topological polar surface area (TPSA) is 27.3 Å². The molecule has 0 amide bonds. The fourth-order valence-electron chi connectivity index (χ4n) is 4.39. The Morgan fingerprint density at radius 2 is 1.70 bits per heavy atom. The zero-order chi connectivity index (χ0) is 16.1. The number of quaternary nitrogens is 2. The number of ether oxygens (including phenoxy) is 2. The second kappa shape index (κ2) is 8.02. The van der Waals surface area contributed by atoms with E-state index in [0.29, 0.717) is 0 Å². The van der Waals surface area contributed by atoms with E-state index in [1.807, 2.05) is 11.0 Å². The number of methoxy groups -OCH3 is 2. The van der Waals surface area contributed by atoms with Gasteiger partial charge in [-0.2, -0.15) is 0 Å². The van der Waals surface area contributed by atoms with Crippen molar-refractivity contribution in [3.8, 4) is 11.5 Å². The summed E-state index contributed by atoms with van der Waals surface area (Å²) in [5.41, 5.74) is 1.27. The molecule has 2 N–H and O–H groups in total. The third-order valence-corrected chi connectivity index (χ3v) is 5.69. The van der Waals surface area contributed by atoms with E-state index >= 15 is 0 Å². The normalized spacial score (nSPS) is 26.0. The van der Waals surface area contributed by atoms with Gasteiger partial charge in [-0.3, -0.25) is 0 Å². The van der Waals surface area contributed by atoms with Crippen LogP contribution in [0, 0.1) is 0 Å². The van der Waals surface area contributed by atoms with Crippen LogP contribution in [0.3, 0.4) is 0 Å². The van der Waals surface area contributed by atoms with E-state index in [1.54, 1.807) is 19.1 Å². The van der Waals surface area contributed by atoms with Crippen molar-refractivity contribution in [2.24, 2.45) is 0 Å². The van der Waals surface area contributed by atoms with Gasteiger partial charge in [-0.1, -0.05) is 6.07 Å². The summed E-state index contributed by atoms with van der Waals surface area (Å²) in [5, 5.41) is 0. The van der Waals surface area contributed by atoms with E-state index in [9.17, 15) is 0 Å². The molecule has 0 aliphatic carbocycles. The first-order valence-corrected chi connectivity index (χ1v) is 9.20. The second-order valence-corrected chi connectivity index (χ2v) is 7.07. The van der Waals surface area contributed by atoms with Crippen LogP contribution < -0.4 is 19.3 Å². The minimum atomic E-state index is 0.844. The molecule has 3 rings (SSSR count). The van der Waals surface area contributed by atoms with Crippen molar-refractivity contribution in [3.05, 3.63) is 23.8 Å². The number of benzene rings is 1. The lowest BCUT2D eigenvalue weighted by molar-refractivity contribution is -0.965. The van der Waals surface area contributed by atoms with Crippen molar-refractivity contribution >= 4 is 0 Å². The zero-order valence-corrected chi connectivity index (χ0v) is 14.7. The fraction of sp³-hybridized carbons (Fsp3) is 0.684. The molecular formula is C19H32N2O2+2. The number of para-hydroxylation sites is 1. The summed E-state index contributed by atoms with van der Waals surface area (Å²) >= 11 is 0. The lowest BCUT2D eigenvalue weighted by atomic mass is 9.99. The lowest BCUT2D eigenvalue weighted by Crippen LogP contribution is -3.20. The molecule has 1 aromatic rings. The van der Waals surface area contributed by atoms with Gasteiger partial charge >= 0.3 is 0 Å². The van der Waals surface area contributed by atoms with E-state index in [2.05, 4.69) is 12.1 Å². The third kappa shape index (κ3) is 3.99. The van der Waals surface area contributed by atoms with Crippen LogP contribution in [-0.4, -0.2) is 46.4 Å². The number of rotatable bonds is 5. The maximum Gasteiger partial charge on any atom is 0.169 e. The third-order valence-electron chi connectivity index (χ3n) is 5.69. The van der Waals surface area contributed by atoms with E-state index < -0.39 is 0 Å². The molecule has 2 fully saturated rings. The van der Waals surface area contributed by atoms with Crippen LogP contribution in [0.1, 0.15) is 37.7 Å². The van der Waals surface area contributed by atoms with Gasteiger partial charge in [0.2, 0.25) is 0 Å². The highest BCUT2D eigenvalue weighted by atomic mass is 16.5. The van der Waals surface area contributed by atoms with Gasteiger partial charge in [0.25, 0.3) is 0 Å². The van der Waals surface area contributed by atoms with Crippen molar-refractivity contribution in [3.63, 3.8) is 0 Å². The quantitative estimate of drug-likeness (QED) is 0.818. The van der Waals surface area contributed by atoms with E-state index in [-0.39, 0.29) is 0 Å². The van der Waals surface area contributed by atoms with Crippen molar-refractivity contribution in [1.82, 2.24) is 0 Å². The van der Waals surface area contributed by atoms with Crippen LogP contribution in [0.5, 0.6) is 11.5 Å². The molecule has 0 aromatic heterocycles. The Kier molecular flexibility index (Phi) is 5.79. The minimum Gasteiger partial charge on any atom is -0.493 e. The maximum absolute atomic E-state index is 5.58. The molecule has 2 aliphatic heterocycles. The largest absolute Gasteiger partial charge is 0.493 e. The number of piperidine rings is 2. The molecule has 4 nitrogen and oxygen atoms in total. The molecule has 1 aromatic carbocycles. The van der Waals surface area contributed by atoms with Gasteiger partial charge < -0.3 is 19.3 Å². The highest BCUT2D eigenvalue weighted by Crippen LogP contribution is 2.30. The van der Waals surface area contributed by atoms with Gasteiger partial charge in [0.1, 0.15) is 6.54 Å². The van der Waals surface area contributed by atoms with Crippen LogP contribution in [0.2, 0.25) is 0 Å². The smallest absolute Gasteiger partial charge is 0.169 e. The molecule has 0 unspecified atom stereocenters. The number of likely N-dealkylation sites (tertiary alicyclic amines) is 2. The molecule has 2 saturated heterocycles. The minimum absolute atomic E-state index is 0.844. The second-order valence-electron chi connectivity index (χ2n) is 7.07. The van der Waals surface area contributed by atoms with Gasteiger partial charge in [0, 0.05) is 12.8 Å². The Balaban J connectivity index is 1.56. The molecule has 4 heteroatoms. The Bertz CT molecular complexity index is 492. The Labute approximate surface area is 140 Å². The van der Waals surface area contributed by atoms with Crippen LogP contribution >= 0.6 is 0 Å². The SMILES string of the molecule is COc1cccc(C[NH+]2CCC([NH+]3CCCCC3)CC2)c1OC. The van der Waals surface area contributed by atoms with Gasteiger partial charge in [0.15, 0.2) is 11.5 Å². The number of hydrogen-bond donors (Lipinski definition) is 2. The molecular weight excluding hydrogens is 288 g/mol. The van der Waals surface area contributed by atoms with Gasteiger partial charge in [-0.25, -0.2) is 0 Å². The first-order valence-electron chi connectivity index (χ1n) is 9.20. The predicted octanol–water partition coefficient (Wildman–Crippen LogP) is 0.320.